The van der Waals surface area contributed by atoms with Gasteiger partial charge in [-0.25, -0.2) is 0 Å². The molecule has 2 rings (SSSR count). The van der Waals surface area contributed by atoms with Crippen LogP contribution < -0.4 is 5.32 Å². The van der Waals surface area contributed by atoms with Crippen LogP contribution in [0.25, 0.3) is 0 Å². The molecule has 106 valence electrons. The number of nitrogens with one attached hydrogen (secondary N) is 1. The van der Waals surface area contributed by atoms with Crippen molar-refractivity contribution in [3.05, 3.63) is 26.6 Å². The van der Waals surface area contributed by atoms with Crippen molar-refractivity contribution in [2.45, 2.75) is 51.6 Å². The van der Waals surface area contributed by atoms with E-state index < -0.39 is 0 Å². The topological polar surface area (TPSA) is 32.3 Å². The van der Waals surface area contributed by atoms with Gasteiger partial charge in [-0.15, -0.1) is 0 Å². The highest BCUT2D eigenvalue weighted by molar-refractivity contribution is 9.11. The van der Waals surface area contributed by atoms with Gasteiger partial charge in [0.15, 0.2) is 0 Å². The number of hydrogen-bond acceptors (Lipinski definition) is 2. The van der Waals surface area contributed by atoms with Crippen LogP contribution >= 0.6 is 31.9 Å². The number of aromatic hydroxyl groups is 1. The van der Waals surface area contributed by atoms with Gasteiger partial charge in [0.2, 0.25) is 0 Å². The minimum atomic E-state index is 0.270. The Morgan fingerprint density at radius 1 is 1.16 bits per heavy atom. The maximum atomic E-state index is 9.71. The summed E-state index contributed by atoms with van der Waals surface area (Å²) in [6, 6.07) is 4.58. The highest BCUT2D eigenvalue weighted by Crippen LogP contribution is 2.33. The van der Waals surface area contributed by atoms with Crippen molar-refractivity contribution < 1.29 is 5.11 Å². The van der Waals surface area contributed by atoms with E-state index in [9.17, 15) is 5.11 Å². The number of halogens is 2. The van der Waals surface area contributed by atoms with Gasteiger partial charge >= 0.3 is 0 Å². The van der Waals surface area contributed by atoms with Crippen molar-refractivity contribution >= 4 is 31.9 Å². The summed E-state index contributed by atoms with van der Waals surface area (Å²) in [7, 11) is 0. The molecule has 0 radical (unpaired) electrons. The van der Waals surface area contributed by atoms with Crippen LogP contribution in [-0.2, 0) is 6.54 Å². The van der Waals surface area contributed by atoms with Gasteiger partial charge in [0.25, 0.3) is 0 Å². The molecule has 19 heavy (non-hydrogen) atoms. The fourth-order valence-corrected chi connectivity index (χ4v) is 4.05. The molecule has 1 aliphatic carbocycles. The molecule has 2 nitrogen and oxygen atoms in total. The monoisotopic (exact) mass is 389 g/mol. The Kier molecular flexibility index (Phi) is 5.72. The van der Waals surface area contributed by atoms with Crippen LogP contribution in [0.4, 0.5) is 0 Å². The lowest BCUT2D eigenvalue weighted by molar-refractivity contribution is 0.356. The summed E-state index contributed by atoms with van der Waals surface area (Å²) in [5, 5.41) is 13.4. The average molecular weight is 391 g/mol. The molecule has 1 saturated carbocycles. The minimum Gasteiger partial charge on any atom is -0.506 e. The number of phenolic OH excluding ortho intramolecular Hbond substituents is 1. The van der Waals surface area contributed by atoms with Crippen molar-refractivity contribution in [1.82, 2.24) is 5.32 Å². The average Bonchev–Trinajstić information content (AvgIpc) is 2.58. The highest BCUT2D eigenvalue weighted by Gasteiger charge is 2.19. The summed E-state index contributed by atoms with van der Waals surface area (Å²) in [5.74, 6) is 1.03. The zero-order valence-electron chi connectivity index (χ0n) is 11.3. The molecule has 0 saturated heterocycles. The molecule has 2 atom stereocenters. The lowest BCUT2D eigenvalue weighted by Gasteiger charge is -2.23. The van der Waals surface area contributed by atoms with Crippen LogP contribution in [0, 0.1) is 5.92 Å². The summed E-state index contributed by atoms with van der Waals surface area (Å²) in [4.78, 5) is 0. The molecular formula is C15H21Br2NO. The van der Waals surface area contributed by atoms with E-state index in [0.29, 0.717) is 6.04 Å². The molecule has 1 aromatic carbocycles. The maximum Gasteiger partial charge on any atom is 0.143 e. The first-order chi connectivity index (χ1) is 9.08. The predicted octanol–water partition coefficient (Wildman–Crippen LogP) is 4.98. The van der Waals surface area contributed by atoms with Crippen LogP contribution in [0.1, 0.15) is 44.6 Å². The van der Waals surface area contributed by atoms with Gasteiger partial charge in [-0.3, -0.25) is 0 Å². The predicted molar refractivity (Wildman–Crippen MR) is 86.4 cm³/mol. The molecule has 0 amide bonds. The van der Waals surface area contributed by atoms with Crippen LogP contribution in [0.15, 0.2) is 21.1 Å². The van der Waals surface area contributed by atoms with Crippen molar-refractivity contribution in [3.63, 3.8) is 0 Å². The first kappa shape index (κ1) is 15.3. The molecule has 0 bridgehead atoms. The SMILES string of the molecule is CC1CCCCCC1NCc1cc(Br)c(O)c(Br)c1. The number of benzene rings is 1. The molecule has 0 aliphatic heterocycles. The lowest BCUT2D eigenvalue weighted by atomic mass is 9.97. The van der Waals surface area contributed by atoms with E-state index in [1.165, 1.54) is 37.7 Å². The van der Waals surface area contributed by atoms with E-state index in [1.54, 1.807) is 0 Å². The van der Waals surface area contributed by atoms with Gasteiger partial charge < -0.3 is 10.4 Å². The Labute approximate surface area is 132 Å². The Morgan fingerprint density at radius 2 is 1.79 bits per heavy atom. The molecule has 0 spiro atoms. The fraction of sp³-hybridized carbons (Fsp3) is 0.600. The molecule has 2 N–H and O–H groups in total. The Bertz CT molecular complexity index is 413. The second-order valence-corrected chi connectivity index (χ2v) is 7.22. The standard InChI is InChI=1S/C15H21Br2NO/c1-10-5-3-2-4-6-14(10)18-9-11-7-12(16)15(19)13(17)8-11/h7-8,10,14,18-19H,2-6,9H2,1H3. The number of phenols is 1. The second kappa shape index (κ2) is 7.09. The molecular weight excluding hydrogens is 370 g/mol. The molecule has 4 heteroatoms. The lowest BCUT2D eigenvalue weighted by Crippen LogP contribution is -2.33. The first-order valence-corrected chi connectivity index (χ1v) is 8.57. The number of hydrogen-bond donors (Lipinski definition) is 2. The Hall–Kier alpha value is -0.0600. The highest BCUT2D eigenvalue weighted by atomic mass is 79.9. The normalized spacial score (nSPS) is 24.2. The third kappa shape index (κ3) is 4.20. The summed E-state index contributed by atoms with van der Waals surface area (Å²) < 4.78 is 1.49. The summed E-state index contributed by atoms with van der Waals surface area (Å²) in [5.41, 5.74) is 1.19. The van der Waals surface area contributed by atoms with Crippen LogP contribution in [0.3, 0.4) is 0 Å². The van der Waals surface area contributed by atoms with E-state index in [2.05, 4.69) is 44.1 Å². The van der Waals surface area contributed by atoms with Gasteiger partial charge in [-0.1, -0.05) is 26.2 Å². The largest absolute Gasteiger partial charge is 0.506 e. The van der Waals surface area contributed by atoms with E-state index in [1.807, 2.05) is 12.1 Å². The van der Waals surface area contributed by atoms with Gasteiger partial charge in [0.05, 0.1) is 8.95 Å². The number of rotatable bonds is 3. The molecule has 1 fully saturated rings. The third-order valence-corrected chi connectivity index (χ3v) is 5.22. The van der Waals surface area contributed by atoms with Crippen molar-refractivity contribution in [2.24, 2.45) is 5.92 Å². The second-order valence-electron chi connectivity index (χ2n) is 5.51. The van der Waals surface area contributed by atoms with Gasteiger partial charge in [0.1, 0.15) is 5.75 Å². The molecule has 1 aromatic rings. The summed E-state index contributed by atoms with van der Waals surface area (Å²) in [6.45, 7) is 3.21. The third-order valence-electron chi connectivity index (χ3n) is 4.01. The molecule has 2 unspecified atom stereocenters. The quantitative estimate of drug-likeness (QED) is 0.713. The molecule has 0 aromatic heterocycles. The van der Waals surface area contributed by atoms with Crippen molar-refractivity contribution in [1.29, 1.82) is 0 Å². The van der Waals surface area contributed by atoms with Crippen LogP contribution in [0.2, 0.25) is 0 Å². The van der Waals surface area contributed by atoms with E-state index >= 15 is 0 Å². The van der Waals surface area contributed by atoms with Gasteiger partial charge in [0, 0.05) is 12.6 Å². The van der Waals surface area contributed by atoms with Crippen LogP contribution in [-0.4, -0.2) is 11.1 Å². The van der Waals surface area contributed by atoms with Gasteiger partial charge in [-0.05, 0) is 68.3 Å². The summed E-state index contributed by atoms with van der Waals surface area (Å²) >= 11 is 6.76. The smallest absolute Gasteiger partial charge is 0.143 e. The van der Waals surface area contributed by atoms with Crippen LogP contribution in [0.5, 0.6) is 5.75 Å². The Morgan fingerprint density at radius 3 is 2.47 bits per heavy atom. The molecule has 0 heterocycles. The maximum absolute atomic E-state index is 9.71. The van der Waals surface area contributed by atoms with Gasteiger partial charge in [-0.2, -0.15) is 0 Å². The minimum absolute atomic E-state index is 0.270. The summed E-state index contributed by atoms with van der Waals surface area (Å²) in [6.07, 6.45) is 6.70. The Balaban J connectivity index is 1.98. The first-order valence-electron chi connectivity index (χ1n) is 6.98. The zero-order chi connectivity index (χ0) is 13.8. The van der Waals surface area contributed by atoms with E-state index in [4.69, 9.17) is 0 Å². The van der Waals surface area contributed by atoms with Crippen molar-refractivity contribution in [3.8, 4) is 5.75 Å². The fourth-order valence-electron chi connectivity index (χ4n) is 2.77. The van der Waals surface area contributed by atoms with E-state index in [-0.39, 0.29) is 5.75 Å². The van der Waals surface area contributed by atoms with Crippen molar-refractivity contribution in [2.75, 3.05) is 0 Å². The zero-order valence-corrected chi connectivity index (χ0v) is 14.4. The van der Waals surface area contributed by atoms with E-state index in [0.717, 1.165) is 21.4 Å². The molecule has 1 aliphatic rings.